The minimum absolute atomic E-state index is 0.0775. The largest absolute Gasteiger partial charge is 0.324 e. The van der Waals surface area contributed by atoms with E-state index in [9.17, 15) is 9.59 Å². The normalized spacial score (nSPS) is 26.6. The molecule has 4 heteroatoms. The first-order valence-corrected chi connectivity index (χ1v) is 9.62. The molecule has 1 heterocycles. The summed E-state index contributed by atoms with van der Waals surface area (Å²) in [5.74, 6) is -1.24. The van der Waals surface area contributed by atoms with E-state index in [0.29, 0.717) is 11.4 Å². The molecule has 0 fully saturated rings. The van der Waals surface area contributed by atoms with E-state index in [-0.39, 0.29) is 23.7 Å². The van der Waals surface area contributed by atoms with Gasteiger partial charge >= 0.3 is 0 Å². The fourth-order valence-electron chi connectivity index (χ4n) is 5.44. The first-order chi connectivity index (χ1) is 13.7. The summed E-state index contributed by atoms with van der Waals surface area (Å²) in [6.45, 7) is 0. The maximum atomic E-state index is 13.4. The van der Waals surface area contributed by atoms with Crippen molar-refractivity contribution in [2.45, 2.75) is 11.8 Å². The Morgan fingerprint density at radius 3 is 1.18 bits per heavy atom. The van der Waals surface area contributed by atoms with Gasteiger partial charge in [0, 0.05) is 11.8 Å². The Bertz CT molecular complexity index is 1020. The Kier molecular flexibility index (Phi) is 3.10. The van der Waals surface area contributed by atoms with Crippen molar-refractivity contribution in [3.63, 3.8) is 0 Å². The van der Waals surface area contributed by atoms with Crippen LogP contribution in [0.1, 0.15) is 34.1 Å². The van der Waals surface area contributed by atoms with Crippen LogP contribution in [0.3, 0.4) is 0 Å². The Morgan fingerprint density at radius 2 is 0.821 bits per heavy atom. The topological polar surface area (TPSA) is 58.2 Å². The second-order valence-electron chi connectivity index (χ2n) is 7.79. The highest BCUT2D eigenvalue weighted by atomic mass is 16.2. The van der Waals surface area contributed by atoms with Gasteiger partial charge in [0.2, 0.25) is 11.8 Å². The quantitative estimate of drug-likeness (QED) is 0.629. The van der Waals surface area contributed by atoms with Gasteiger partial charge in [0.25, 0.3) is 0 Å². The molecule has 1 aliphatic heterocycles. The SMILES string of the molecule is O=C1Nc2ccccc2NC(=O)[C@@H]2C3c4ccccc4C(c4ccccc43)[C@@H]12. The molecule has 0 aromatic heterocycles. The number of hydrogen-bond acceptors (Lipinski definition) is 2. The van der Waals surface area contributed by atoms with Gasteiger partial charge < -0.3 is 10.6 Å². The van der Waals surface area contributed by atoms with Crippen LogP contribution in [0.2, 0.25) is 0 Å². The van der Waals surface area contributed by atoms with E-state index in [1.54, 1.807) is 0 Å². The second-order valence-corrected chi connectivity index (χ2v) is 7.79. The number of nitrogens with one attached hydrogen (secondary N) is 2. The van der Waals surface area contributed by atoms with Gasteiger partial charge in [-0.25, -0.2) is 0 Å². The third-order valence-corrected chi connectivity index (χ3v) is 6.49. The molecule has 2 atom stereocenters. The molecular formula is C24H18N2O2. The van der Waals surface area contributed by atoms with Crippen LogP contribution in [0.25, 0.3) is 0 Å². The lowest BCUT2D eigenvalue weighted by Gasteiger charge is -2.49. The Morgan fingerprint density at radius 1 is 0.500 bits per heavy atom. The van der Waals surface area contributed by atoms with E-state index in [4.69, 9.17) is 0 Å². The molecular weight excluding hydrogens is 348 g/mol. The van der Waals surface area contributed by atoms with Crippen molar-refractivity contribution in [3.8, 4) is 0 Å². The van der Waals surface area contributed by atoms with Crippen LogP contribution >= 0.6 is 0 Å². The highest BCUT2D eigenvalue weighted by Gasteiger charge is 2.55. The third-order valence-electron chi connectivity index (χ3n) is 6.49. The molecule has 0 saturated heterocycles. The van der Waals surface area contributed by atoms with Gasteiger partial charge in [-0.2, -0.15) is 0 Å². The molecule has 3 aromatic rings. The number of rotatable bonds is 0. The van der Waals surface area contributed by atoms with E-state index in [2.05, 4.69) is 34.9 Å². The molecule has 7 rings (SSSR count). The van der Waals surface area contributed by atoms with Crippen molar-refractivity contribution in [1.82, 2.24) is 0 Å². The first-order valence-electron chi connectivity index (χ1n) is 9.62. The van der Waals surface area contributed by atoms with E-state index in [0.717, 1.165) is 0 Å². The standard InChI is InChI=1S/C24H18N2O2/c27-23-21-19-13-7-1-2-8-14(13)20(16-10-4-3-9-15(16)19)22(21)24(28)26-18-12-6-5-11-17(18)25-23/h1-12,19-22H,(H,25,27)(H,26,28)/t19?,20?,21-,22-/m1/s1. The number of amides is 2. The highest BCUT2D eigenvalue weighted by molar-refractivity contribution is 6.08. The molecule has 2 bridgehead atoms. The lowest BCUT2D eigenvalue weighted by molar-refractivity contribution is -0.131. The average molecular weight is 366 g/mol. The van der Waals surface area contributed by atoms with Gasteiger partial charge in [0.15, 0.2) is 0 Å². The van der Waals surface area contributed by atoms with Crippen molar-refractivity contribution < 1.29 is 9.59 Å². The molecule has 3 aliphatic carbocycles. The fourth-order valence-corrected chi connectivity index (χ4v) is 5.44. The number of anilines is 2. The summed E-state index contributed by atoms with van der Waals surface area (Å²) in [5.41, 5.74) is 5.99. The number of carbonyl (C=O) groups is 2. The molecule has 0 unspecified atom stereocenters. The smallest absolute Gasteiger partial charge is 0.229 e. The van der Waals surface area contributed by atoms with E-state index in [1.165, 1.54) is 22.3 Å². The average Bonchev–Trinajstić information content (AvgIpc) is 2.73. The molecule has 0 spiro atoms. The summed E-state index contributed by atoms with van der Waals surface area (Å²) in [5, 5.41) is 6.15. The van der Waals surface area contributed by atoms with E-state index < -0.39 is 11.8 Å². The van der Waals surface area contributed by atoms with Crippen LogP contribution < -0.4 is 10.6 Å². The minimum atomic E-state index is -0.428. The molecule has 2 amide bonds. The van der Waals surface area contributed by atoms with Crippen LogP contribution in [0.5, 0.6) is 0 Å². The van der Waals surface area contributed by atoms with Crippen LogP contribution in [-0.4, -0.2) is 11.8 Å². The summed E-state index contributed by atoms with van der Waals surface area (Å²) in [4.78, 5) is 26.9. The number of hydrogen-bond donors (Lipinski definition) is 2. The van der Waals surface area contributed by atoms with Crippen molar-refractivity contribution in [1.29, 1.82) is 0 Å². The summed E-state index contributed by atoms with van der Waals surface area (Å²) in [6.07, 6.45) is 0. The molecule has 0 radical (unpaired) electrons. The van der Waals surface area contributed by atoms with Gasteiger partial charge in [-0.1, -0.05) is 60.7 Å². The minimum Gasteiger partial charge on any atom is -0.324 e. The van der Waals surface area contributed by atoms with Crippen molar-refractivity contribution in [2.24, 2.45) is 11.8 Å². The summed E-state index contributed by atoms with van der Waals surface area (Å²) in [7, 11) is 0. The zero-order chi connectivity index (χ0) is 18.8. The van der Waals surface area contributed by atoms with Crippen LogP contribution in [0.15, 0.2) is 72.8 Å². The van der Waals surface area contributed by atoms with Crippen molar-refractivity contribution >= 4 is 23.2 Å². The van der Waals surface area contributed by atoms with Crippen molar-refractivity contribution in [2.75, 3.05) is 10.6 Å². The summed E-state index contributed by atoms with van der Waals surface area (Å²) in [6, 6.07) is 23.9. The van der Waals surface area contributed by atoms with Crippen LogP contribution in [-0.2, 0) is 9.59 Å². The third kappa shape index (κ3) is 1.95. The lowest BCUT2D eigenvalue weighted by atomic mass is 9.53. The molecule has 4 nitrogen and oxygen atoms in total. The van der Waals surface area contributed by atoms with Gasteiger partial charge in [0.1, 0.15) is 0 Å². The van der Waals surface area contributed by atoms with Gasteiger partial charge in [0.05, 0.1) is 23.2 Å². The first kappa shape index (κ1) is 15.6. The molecule has 3 aromatic carbocycles. The number of benzene rings is 3. The lowest BCUT2D eigenvalue weighted by Crippen LogP contribution is -2.51. The maximum absolute atomic E-state index is 13.4. The van der Waals surface area contributed by atoms with Crippen molar-refractivity contribution in [3.05, 3.63) is 95.1 Å². The molecule has 28 heavy (non-hydrogen) atoms. The number of fused-ring (bicyclic) bond motifs is 1. The summed E-state index contributed by atoms with van der Waals surface area (Å²) >= 11 is 0. The highest BCUT2D eigenvalue weighted by Crippen LogP contribution is 2.59. The summed E-state index contributed by atoms with van der Waals surface area (Å²) < 4.78 is 0. The Balaban J connectivity index is 1.61. The fraction of sp³-hybridized carbons (Fsp3) is 0.167. The molecule has 136 valence electrons. The van der Waals surface area contributed by atoms with Gasteiger partial charge in [-0.15, -0.1) is 0 Å². The Labute approximate surface area is 162 Å². The van der Waals surface area contributed by atoms with E-state index >= 15 is 0 Å². The number of carbonyl (C=O) groups excluding carboxylic acids is 2. The predicted molar refractivity (Wildman–Crippen MR) is 107 cm³/mol. The van der Waals surface area contributed by atoms with Crippen LogP contribution in [0.4, 0.5) is 11.4 Å². The monoisotopic (exact) mass is 366 g/mol. The zero-order valence-corrected chi connectivity index (χ0v) is 15.1. The zero-order valence-electron chi connectivity index (χ0n) is 15.1. The Hall–Kier alpha value is -3.40. The molecule has 0 saturated carbocycles. The molecule has 2 N–H and O–H groups in total. The second kappa shape index (κ2) is 5.55. The molecule has 4 aliphatic rings. The van der Waals surface area contributed by atoms with Gasteiger partial charge in [-0.05, 0) is 34.4 Å². The number of para-hydroxylation sites is 2. The van der Waals surface area contributed by atoms with Crippen LogP contribution in [0, 0.1) is 11.8 Å². The predicted octanol–water partition coefficient (Wildman–Crippen LogP) is 4.10. The van der Waals surface area contributed by atoms with E-state index in [1.807, 2.05) is 48.5 Å². The van der Waals surface area contributed by atoms with Gasteiger partial charge in [-0.3, -0.25) is 9.59 Å². The maximum Gasteiger partial charge on any atom is 0.229 e.